The van der Waals surface area contributed by atoms with E-state index in [1.807, 2.05) is 30.3 Å². The third kappa shape index (κ3) is 3.71. The first-order valence-corrected chi connectivity index (χ1v) is 6.65. The predicted octanol–water partition coefficient (Wildman–Crippen LogP) is 1.79. The summed E-state index contributed by atoms with van der Waals surface area (Å²) < 4.78 is 25.4. The second-order valence-electron chi connectivity index (χ2n) is 4.71. The first-order chi connectivity index (χ1) is 10.4. The van der Waals surface area contributed by atoms with Gasteiger partial charge in [0.05, 0.1) is 28.0 Å². The molecule has 20 heavy (non-hydrogen) atoms. The molecule has 2 atom stereocenters. The summed E-state index contributed by atoms with van der Waals surface area (Å²) in [5, 5.41) is 9.39. The lowest BCUT2D eigenvalue weighted by molar-refractivity contribution is 0.0601. The van der Waals surface area contributed by atoms with Crippen molar-refractivity contribution in [1.82, 2.24) is 4.90 Å². The first-order valence-electron chi connectivity index (χ1n) is 7.65. The second-order valence-corrected chi connectivity index (χ2v) is 4.71. The second kappa shape index (κ2) is 7.26. The van der Waals surface area contributed by atoms with E-state index in [9.17, 15) is 9.90 Å². The van der Waals surface area contributed by atoms with Crippen molar-refractivity contribution in [1.29, 1.82) is 0 Å². The SMILES string of the molecule is [2H]C([2H])(C)O[C@@H]1CC(CO)N(C(=O)OCc2ccccc2)C1. The van der Waals surface area contributed by atoms with E-state index in [0.29, 0.717) is 6.42 Å². The molecule has 0 saturated carbocycles. The monoisotopic (exact) mass is 281 g/mol. The van der Waals surface area contributed by atoms with Crippen LogP contribution in [-0.2, 0) is 16.1 Å². The van der Waals surface area contributed by atoms with Gasteiger partial charge in [0.15, 0.2) is 0 Å². The van der Waals surface area contributed by atoms with Gasteiger partial charge in [0.25, 0.3) is 0 Å². The molecule has 1 heterocycles. The Morgan fingerprint density at radius 1 is 1.50 bits per heavy atom. The zero-order valence-corrected chi connectivity index (χ0v) is 11.5. The molecular formula is C15H21NO4. The summed E-state index contributed by atoms with van der Waals surface area (Å²) in [5.74, 6) is 0. The number of carbonyl (C=O) groups is 1. The minimum absolute atomic E-state index is 0.161. The highest BCUT2D eigenvalue weighted by Crippen LogP contribution is 2.21. The minimum Gasteiger partial charge on any atom is -0.445 e. The van der Waals surface area contributed by atoms with Gasteiger partial charge in [-0.25, -0.2) is 4.79 Å². The van der Waals surface area contributed by atoms with Crippen molar-refractivity contribution in [3.63, 3.8) is 0 Å². The van der Waals surface area contributed by atoms with Gasteiger partial charge < -0.3 is 19.5 Å². The van der Waals surface area contributed by atoms with Crippen LogP contribution in [0.15, 0.2) is 30.3 Å². The van der Waals surface area contributed by atoms with Crippen LogP contribution in [0.3, 0.4) is 0 Å². The van der Waals surface area contributed by atoms with Gasteiger partial charge in [0, 0.05) is 6.56 Å². The average Bonchev–Trinajstić information content (AvgIpc) is 2.86. The number of hydrogen-bond donors (Lipinski definition) is 1. The molecule has 1 unspecified atom stereocenters. The molecule has 5 heteroatoms. The molecular weight excluding hydrogens is 258 g/mol. The topological polar surface area (TPSA) is 59.0 Å². The number of rotatable bonds is 5. The molecule has 1 aromatic carbocycles. The Bertz CT molecular complexity index is 492. The quantitative estimate of drug-likeness (QED) is 0.894. The van der Waals surface area contributed by atoms with Crippen molar-refractivity contribution < 1.29 is 22.1 Å². The fourth-order valence-electron chi connectivity index (χ4n) is 2.32. The van der Waals surface area contributed by atoms with E-state index < -0.39 is 24.8 Å². The molecule has 1 aliphatic rings. The molecule has 1 amide bonds. The summed E-state index contributed by atoms with van der Waals surface area (Å²) >= 11 is 0. The average molecular weight is 281 g/mol. The molecule has 110 valence electrons. The fourth-order valence-corrected chi connectivity index (χ4v) is 2.32. The van der Waals surface area contributed by atoms with Crippen molar-refractivity contribution >= 4 is 6.09 Å². The zero-order chi connectivity index (χ0) is 16.2. The molecule has 1 aromatic rings. The third-order valence-electron chi connectivity index (χ3n) is 3.31. The Morgan fingerprint density at radius 2 is 2.25 bits per heavy atom. The fraction of sp³-hybridized carbons (Fsp3) is 0.533. The van der Waals surface area contributed by atoms with Crippen molar-refractivity contribution in [2.24, 2.45) is 0 Å². The van der Waals surface area contributed by atoms with Crippen LogP contribution in [0.5, 0.6) is 0 Å². The van der Waals surface area contributed by atoms with Gasteiger partial charge >= 0.3 is 6.09 Å². The standard InChI is InChI=1S/C15H21NO4/c1-2-19-14-8-13(10-17)16(9-14)15(18)20-11-12-6-4-3-5-7-12/h3-7,13-14,17H,2,8-11H2,1H3/t13?,14-/m1/s1/i2D2. The highest BCUT2D eigenvalue weighted by Gasteiger charge is 2.36. The number of benzene rings is 1. The summed E-state index contributed by atoms with van der Waals surface area (Å²) in [6.07, 6.45) is -0.573. The Kier molecular flexibility index (Phi) is 4.42. The van der Waals surface area contributed by atoms with Gasteiger partial charge in [0.2, 0.25) is 0 Å². The molecule has 2 rings (SSSR count). The van der Waals surface area contributed by atoms with Crippen molar-refractivity contribution in [3.8, 4) is 0 Å². The lowest BCUT2D eigenvalue weighted by Gasteiger charge is -2.22. The maximum Gasteiger partial charge on any atom is 0.410 e. The van der Waals surface area contributed by atoms with Crippen LogP contribution in [0.2, 0.25) is 0 Å². The number of ether oxygens (including phenoxy) is 2. The minimum atomic E-state index is -1.77. The normalized spacial score (nSPS) is 24.2. The maximum atomic E-state index is 12.1. The molecule has 1 N–H and O–H groups in total. The van der Waals surface area contributed by atoms with Crippen LogP contribution in [0.1, 0.15) is 21.6 Å². The van der Waals surface area contributed by atoms with Gasteiger partial charge in [-0.3, -0.25) is 0 Å². The number of hydrogen-bond acceptors (Lipinski definition) is 4. The Hall–Kier alpha value is -1.59. The molecule has 1 fully saturated rings. The Labute approximate surface area is 121 Å². The number of aliphatic hydroxyl groups is 1. The van der Waals surface area contributed by atoms with E-state index in [2.05, 4.69) is 0 Å². The molecule has 0 aliphatic carbocycles. The summed E-state index contributed by atoms with van der Waals surface area (Å²) in [5.41, 5.74) is 0.883. The molecule has 0 bridgehead atoms. The zero-order valence-electron chi connectivity index (χ0n) is 13.5. The number of aliphatic hydroxyl groups excluding tert-OH is 1. The summed E-state index contributed by atoms with van der Waals surface area (Å²) in [6, 6.07) is 8.92. The van der Waals surface area contributed by atoms with E-state index in [1.54, 1.807) is 0 Å². The van der Waals surface area contributed by atoms with Gasteiger partial charge in [0.1, 0.15) is 6.61 Å². The number of amides is 1. The largest absolute Gasteiger partial charge is 0.445 e. The molecule has 1 saturated heterocycles. The van der Waals surface area contributed by atoms with E-state index in [0.717, 1.165) is 5.56 Å². The van der Waals surface area contributed by atoms with E-state index in [1.165, 1.54) is 11.8 Å². The highest BCUT2D eigenvalue weighted by atomic mass is 16.6. The number of likely N-dealkylation sites (tertiary alicyclic amines) is 1. The third-order valence-corrected chi connectivity index (χ3v) is 3.31. The number of carbonyl (C=O) groups excluding carboxylic acids is 1. The van der Waals surface area contributed by atoms with Crippen molar-refractivity contribution in [2.45, 2.75) is 32.1 Å². The van der Waals surface area contributed by atoms with Crippen LogP contribution in [-0.4, -0.2) is 48.0 Å². The molecule has 1 aliphatic heterocycles. The lowest BCUT2D eigenvalue weighted by atomic mass is 10.2. The van der Waals surface area contributed by atoms with Crippen molar-refractivity contribution in [2.75, 3.05) is 19.7 Å². The van der Waals surface area contributed by atoms with Crippen LogP contribution in [0.4, 0.5) is 4.79 Å². The smallest absolute Gasteiger partial charge is 0.410 e. The predicted molar refractivity (Wildman–Crippen MR) is 74.2 cm³/mol. The molecule has 0 radical (unpaired) electrons. The van der Waals surface area contributed by atoms with E-state index >= 15 is 0 Å². The highest BCUT2D eigenvalue weighted by molar-refractivity contribution is 5.68. The molecule has 0 spiro atoms. The summed E-state index contributed by atoms with van der Waals surface area (Å²) in [6.45, 7) is -0.278. The van der Waals surface area contributed by atoms with Crippen LogP contribution in [0.25, 0.3) is 0 Å². The lowest BCUT2D eigenvalue weighted by Crippen LogP contribution is -2.38. The maximum absolute atomic E-state index is 12.1. The van der Waals surface area contributed by atoms with Gasteiger partial charge in [-0.05, 0) is 18.9 Å². The number of nitrogens with zero attached hydrogens (tertiary/aromatic N) is 1. The summed E-state index contributed by atoms with van der Waals surface area (Å²) in [4.78, 5) is 13.5. The Balaban J connectivity index is 1.90. The molecule has 5 nitrogen and oxygen atoms in total. The van der Waals surface area contributed by atoms with Gasteiger partial charge in [-0.15, -0.1) is 0 Å². The van der Waals surface area contributed by atoms with Crippen LogP contribution < -0.4 is 0 Å². The van der Waals surface area contributed by atoms with E-state index in [4.69, 9.17) is 12.2 Å². The van der Waals surface area contributed by atoms with Gasteiger partial charge in [-0.1, -0.05) is 30.3 Å². The summed E-state index contributed by atoms with van der Waals surface area (Å²) in [7, 11) is 0. The van der Waals surface area contributed by atoms with Crippen molar-refractivity contribution in [3.05, 3.63) is 35.9 Å². The first kappa shape index (κ1) is 12.2. The molecule has 0 aromatic heterocycles. The van der Waals surface area contributed by atoms with E-state index in [-0.39, 0.29) is 19.8 Å². The van der Waals surface area contributed by atoms with Crippen LogP contribution >= 0.6 is 0 Å². The Morgan fingerprint density at radius 3 is 2.90 bits per heavy atom. The van der Waals surface area contributed by atoms with Gasteiger partial charge in [-0.2, -0.15) is 0 Å². The van der Waals surface area contributed by atoms with Crippen LogP contribution in [0, 0.1) is 0 Å².